The van der Waals surface area contributed by atoms with Crippen LogP contribution in [0.2, 0.25) is 10.0 Å². The summed E-state index contributed by atoms with van der Waals surface area (Å²) < 4.78 is 18.1. The van der Waals surface area contributed by atoms with Crippen LogP contribution in [0.15, 0.2) is 41.3 Å². The van der Waals surface area contributed by atoms with Crippen LogP contribution in [0, 0.1) is 5.82 Å². The largest absolute Gasteiger partial charge is 0.494 e. The third-order valence-electron chi connectivity index (χ3n) is 3.65. The van der Waals surface area contributed by atoms with E-state index in [-0.39, 0.29) is 17.3 Å². The van der Waals surface area contributed by atoms with Gasteiger partial charge in [-0.2, -0.15) is 0 Å². The van der Waals surface area contributed by atoms with E-state index < -0.39 is 11.1 Å². The Hall–Kier alpha value is -2.02. The molecule has 26 heavy (non-hydrogen) atoms. The molecule has 2 amide bonds. The van der Waals surface area contributed by atoms with Gasteiger partial charge in [-0.3, -0.25) is 14.5 Å². The molecule has 4 nitrogen and oxygen atoms in total. The summed E-state index contributed by atoms with van der Waals surface area (Å²) in [6.07, 6.45) is 1.55. The summed E-state index contributed by atoms with van der Waals surface area (Å²) in [5.74, 6) is -0.460. The molecule has 1 saturated heterocycles. The number of hydrogen-bond donors (Lipinski definition) is 0. The van der Waals surface area contributed by atoms with Crippen molar-refractivity contribution in [2.24, 2.45) is 0 Å². The number of hydrogen-bond acceptors (Lipinski definition) is 4. The highest BCUT2D eigenvalue weighted by Gasteiger charge is 2.35. The van der Waals surface area contributed by atoms with Gasteiger partial charge in [0.1, 0.15) is 5.82 Å². The van der Waals surface area contributed by atoms with E-state index in [9.17, 15) is 14.0 Å². The number of carbonyl (C=O) groups excluding carboxylic acids is 2. The number of benzene rings is 2. The summed E-state index contributed by atoms with van der Waals surface area (Å²) in [6.45, 7) is 0.0758. The zero-order chi connectivity index (χ0) is 18.8. The van der Waals surface area contributed by atoms with Gasteiger partial charge in [0.05, 0.1) is 28.6 Å². The molecule has 134 valence electrons. The third-order valence-corrected chi connectivity index (χ3v) is 5.12. The average Bonchev–Trinajstić information content (AvgIpc) is 2.84. The molecule has 0 bridgehead atoms. The molecule has 0 radical (unpaired) electrons. The summed E-state index contributed by atoms with van der Waals surface area (Å²) >= 11 is 13.0. The Kier molecular flexibility index (Phi) is 5.55. The molecule has 1 fully saturated rings. The number of methoxy groups -OCH3 is 1. The summed E-state index contributed by atoms with van der Waals surface area (Å²) in [5.41, 5.74) is 1.23. The van der Waals surface area contributed by atoms with E-state index in [0.717, 1.165) is 16.7 Å². The van der Waals surface area contributed by atoms with E-state index in [1.165, 1.54) is 31.4 Å². The molecule has 0 N–H and O–H groups in total. The fourth-order valence-electron chi connectivity index (χ4n) is 2.42. The fraction of sp³-hybridized carbons (Fsp3) is 0.111. The highest BCUT2D eigenvalue weighted by molar-refractivity contribution is 8.18. The second-order valence-electron chi connectivity index (χ2n) is 5.41. The number of nitrogens with zero attached hydrogens (tertiary/aromatic N) is 1. The van der Waals surface area contributed by atoms with E-state index in [0.29, 0.717) is 26.9 Å². The van der Waals surface area contributed by atoms with Crippen molar-refractivity contribution in [1.82, 2.24) is 4.90 Å². The lowest BCUT2D eigenvalue weighted by Gasteiger charge is -2.12. The molecule has 3 rings (SSSR count). The summed E-state index contributed by atoms with van der Waals surface area (Å²) in [7, 11) is 1.45. The maximum atomic E-state index is 13.0. The highest BCUT2D eigenvalue weighted by Crippen LogP contribution is 2.37. The van der Waals surface area contributed by atoms with E-state index in [4.69, 9.17) is 27.9 Å². The van der Waals surface area contributed by atoms with Crippen molar-refractivity contribution in [3.05, 3.63) is 68.3 Å². The Balaban J connectivity index is 1.84. The number of amides is 2. The van der Waals surface area contributed by atoms with Crippen molar-refractivity contribution in [2.75, 3.05) is 7.11 Å². The van der Waals surface area contributed by atoms with Gasteiger partial charge in [0.25, 0.3) is 11.1 Å². The Bertz CT molecular complexity index is 892. The van der Waals surface area contributed by atoms with Crippen molar-refractivity contribution in [2.45, 2.75) is 6.54 Å². The molecule has 8 heteroatoms. The normalized spacial score (nSPS) is 15.8. The first-order valence-electron chi connectivity index (χ1n) is 7.42. The average molecular weight is 412 g/mol. The molecule has 0 aromatic heterocycles. The predicted molar refractivity (Wildman–Crippen MR) is 101 cm³/mol. The van der Waals surface area contributed by atoms with Gasteiger partial charge in [-0.1, -0.05) is 35.3 Å². The van der Waals surface area contributed by atoms with Gasteiger partial charge in [0.15, 0.2) is 5.75 Å². The number of thioether (sulfide) groups is 1. The van der Waals surface area contributed by atoms with Crippen LogP contribution in [0.4, 0.5) is 9.18 Å². The minimum atomic E-state index is -0.424. The fourth-order valence-corrected chi connectivity index (χ4v) is 3.91. The number of ether oxygens (including phenoxy) is 1. The van der Waals surface area contributed by atoms with Crippen LogP contribution in [-0.2, 0) is 11.3 Å². The first-order valence-corrected chi connectivity index (χ1v) is 8.99. The van der Waals surface area contributed by atoms with E-state index in [2.05, 4.69) is 0 Å². The maximum absolute atomic E-state index is 13.0. The number of carbonyl (C=O) groups is 2. The van der Waals surface area contributed by atoms with Gasteiger partial charge < -0.3 is 4.74 Å². The Morgan fingerprint density at radius 3 is 2.35 bits per heavy atom. The van der Waals surface area contributed by atoms with Crippen LogP contribution in [0.5, 0.6) is 5.75 Å². The van der Waals surface area contributed by atoms with Gasteiger partial charge in [-0.15, -0.1) is 0 Å². The molecular formula is C18H12Cl2FNO3S. The molecular weight excluding hydrogens is 400 g/mol. The molecule has 0 aliphatic carbocycles. The van der Waals surface area contributed by atoms with Crippen molar-refractivity contribution in [3.63, 3.8) is 0 Å². The molecule has 0 saturated carbocycles. The minimum absolute atomic E-state index is 0.0758. The van der Waals surface area contributed by atoms with E-state index >= 15 is 0 Å². The molecule has 1 aliphatic rings. The van der Waals surface area contributed by atoms with Crippen LogP contribution >= 0.6 is 35.0 Å². The first kappa shape index (κ1) is 18.8. The molecule has 2 aromatic carbocycles. The van der Waals surface area contributed by atoms with Crippen molar-refractivity contribution in [1.29, 1.82) is 0 Å². The van der Waals surface area contributed by atoms with Crippen LogP contribution < -0.4 is 4.74 Å². The van der Waals surface area contributed by atoms with Crippen molar-refractivity contribution < 1.29 is 18.7 Å². The van der Waals surface area contributed by atoms with Gasteiger partial charge >= 0.3 is 0 Å². The smallest absolute Gasteiger partial charge is 0.293 e. The maximum Gasteiger partial charge on any atom is 0.293 e. The van der Waals surface area contributed by atoms with E-state index in [1.807, 2.05) is 0 Å². The lowest BCUT2D eigenvalue weighted by Crippen LogP contribution is -2.27. The van der Waals surface area contributed by atoms with Crippen molar-refractivity contribution in [3.8, 4) is 5.75 Å². The first-order chi connectivity index (χ1) is 12.4. The SMILES string of the molecule is COc1c(Cl)cc(/C=C2\SC(=O)N(Cc3ccc(F)cc3)C2=O)cc1Cl. The minimum Gasteiger partial charge on any atom is -0.494 e. The van der Waals surface area contributed by atoms with Crippen molar-refractivity contribution >= 4 is 52.2 Å². The number of halogens is 3. The van der Waals surface area contributed by atoms with Crippen LogP contribution in [0.3, 0.4) is 0 Å². The second kappa shape index (κ2) is 7.70. The Morgan fingerprint density at radius 2 is 1.77 bits per heavy atom. The van der Waals surface area contributed by atoms with E-state index in [1.54, 1.807) is 18.2 Å². The molecule has 1 heterocycles. The molecule has 2 aromatic rings. The monoisotopic (exact) mass is 411 g/mol. The third kappa shape index (κ3) is 3.87. The summed E-state index contributed by atoms with van der Waals surface area (Å²) in [4.78, 5) is 26.1. The molecule has 1 aliphatic heterocycles. The van der Waals surface area contributed by atoms with Gasteiger partial charge in [0, 0.05) is 0 Å². The van der Waals surface area contributed by atoms with Gasteiger partial charge in [0.2, 0.25) is 0 Å². The number of imide groups is 1. The Labute approximate surface area is 163 Å². The zero-order valence-corrected chi connectivity index (χ0v) is 15.8. The van der Waals surface area contributed by atoms with Crippen LogP contribution in [0.25, 0.3) is 6.08 Å². The molecule has 0 unspecified atom stereocenters. The molecule has 0 atom stereocenters. The van der Waals surface area contributed by atoms with Crippen LogP contribution in [0.1, 0.15) is 11.1 Å². The highest BCUT2D eigenvalue weighted by atomic mass is 35.5. The van der Waals surface area contributed by atoms with Gasteiger partial charge in [-0.25, -0.2) is 4.39 Å². The summed E-state index contributed by atoms with van der Waals surface area (Å²) in [6, 6.07) is 8.83. The zero-order valence-electron chi connectivity index (χ0n) is 13.5. The predicted octanol–water partition coefficient (Wildman–Crippen LogP) is 5.38. The van der Waals surface area contributed by atoms with Crippen LogP contribution in [-0.4, -0.2) is 23.2 Å². The standard InChI is InChI=1S/C18H12Cl2FNO3S/c1-25-16-13(19)6-11(7-14(16)20)8-15-17(23)22(18(24)26-15)9-10-2-4-12(21)5-3-10/h2-8H,9H2,1H3/b15-8-. The summed E-state index contributed by atoms with van der Waals surface area (Å²) in [5, 5.41) is 0.213. The van der Waals surface area contributed by atoms with Gasteiger partial charge in [-0.05, 0) is 53.2 Å². The Morgan fingerprint density at radius 1 is 1.15 bits per heavy atom. The molecule has 0 spiro atoms. The topological polar surface area (TPSA) is 46.6 Å². The lowest BCUT2D eigenvalue weighted by molar-refractivity contribution is -0.123. The second-order valence-corrected chi connectivity index (χ2v) is 7.22. The number of rotatable bonds is 4. The lowest BCUT2D eigenvalue weighted by atomic mass is 10.2. The quantitative estimate of drug-likeness (QED) is 0.633.